The monoisotopic (exact) mass is 380 g/mol. The lowest BCUT2D eigenvalue weighted by Crippen LogP contribution is -2.13. The van der Waals surface area contributed by atoms with Crippen molar-refractivity contribution in [3.05, 3.63) is 47.0 Å². The van der Waals surface area contributed by atoms with E-state index in [2.05, 4.69) is 0 Å². The second kappa shape index (κ2) is 6.69. The maximum absolute atomic E-state index is 12.9. The summed E-state index contributed by atoms with van der Waals surface area (Å²) < 4.78 is 46.8. The molecule has 1 aliphatic rings. The number of hydrogen-bond donors (Lipinski definition) is 1. The molecule has 0 bridgehead atoms. The highest BCUT2D eigenvalue weighted by Gasteiger charge is 2.46. The Labute approximate surface area is 152 Å². The van der Waals surface area contributed by atoms with Crippen LogP contribution in [0.25, 0.3) is 0 Å². The predicted molar refractivity (Wildman–Crippen MR) is 94.8 cm³/mol. The highest BCUT2D eigenvalue weighted by molar-refractivity contribution is 7.92. The smallest absolute Gasteiger partial charge is 0.192 e. The lowest BCUT2D eigenvalue weighted by molar-refractivity contribution is 0.257. The molecule has 0 aromatic heterocycles. The molecule has 1 aliphatic heterocycles. The Balaban J connectivity index is 2.23. The standard InChI is InChI=1S/C18H20O7S/c1-22-13-6-5-10(7-14(13)23-2)17-11-8-15(24-3)16(25-4)9-12(11)18(19)26(17,20)21/h5-9,17-19H,1-4H3. The Hall–Kier alpha value is -2.45. The number of sulfone groups is 1. The summed E-state index contributed by atoms with van der Waals surface area (Å²) in [7, 11) is 1.97. The van der Waals surface area contributed by atoms with E-state index in [4.69, 9.17) is 18.9 Å². The molecule has 0 radical (unpaired) electrons. The summed E-state index contributed by atoms with van der Waals surface area (Å²) in [6.45, 7) is 0. The summed E-state index contributed by atoms with van der Waals surface area (Å²) in [5.74, 6) is 1.64. The molecule has 26 heavy (non-hydrogen) atoms. The van der Waals surface area contributed by atoms with E-state index in [-0.39, 0.29) is 5.56 Å². The number of benzene rings is 2. The van der Waals surface area contributed by atoms with Crippen molar-refractivity contribution in [3.63, 3.8) is 0 Å². The highest BCUT2D eigenvalue weighted by atomic mass is 32.2. The Morgan fingerprint density at radius 2 is 1.27 bits per heavy atom. The van der Waals surface area contributed by atoms with E-state index in [1.807, 2.05) is 0 Å². The Kier molecular flexibility index (Phi) is 4.72. The van der Waals surface area contributed by atoms with E-state index in [0.717, 1.165) is 0 Å². The number of fused-ring (bicyclic) bond motifs is 1. The first-order chi connectivity index (χ1) is 12.4. The zero-order valence-corrected chi connectivity index (χ0v) is 15.7. The highest BCUT2D eigenvalue weighted by Crippen LogP contribution is 2.51. The van der Waals surface area contributed by atoms with E-state index in [0.29, 0.717) is 34.1 Å². The van der Waals surface area contributed by atoms with E-state index in [1.165, 1.54) is 34.5 Å². The first-order valence-corrected chi connectivity index (χ1v) is 9.38. The van der Waals surface area contributed by atoms with Crippen molar-refractivity contribution in [2.45, 2.75) is 10.7 Å². The molecule has 2 aromatic rings. The number of aliphatic hydroxyl groups excluding tert-OH is 1. The van der Waals surface area contributed by atoms with Crippen LogP contribution in [-0.4, -0.2) is 42.0 Å². The maximum atomic E-state index is 12.9. The summed E-state index contributed by atoms with van der Waals surface area (Å²) in [6, 6.07) is 7.96. The van der Waals surface area contributed by atoms with Crippen molar-refractivity contribution < 1.29 is 32.5 Å². The number of hydrogen-bond acceptors (Lipinski definition) is 7. The average Bonchev–Trinajstić information content (AvgIpc) is 2.85. The van der Waals surface area contributed by atoms with Crippen LogP contribution < -0.4 is 18.9 Å². The summed E-state index contributed by atoms with van der Waals surface area (Å²) in [6.07, 6.45) is 0. The molecule has 2 aromatic carbocycles. The normalized spacial score (nSPS) is 20.3. The van der Waals surface area contributed by atoms with Gasteiger partial charge >= 0.3 is 0 Å². The van der Waals surface area contributed by atoms with Crippen LogP contribution in [-0.2, 0) is 9.84 Å². The summed E-state index contributed by atoms with van der Waals surface area (Å²) in [4.78, 5) is 0. The minimum Gasteiger partial charge on any atom is -0.493 e. The van der Waals surface area contributed by atoms with E-state index in [9.17, 15) is 13.5 Å². The third kappa shape index (κ3) is 2.65. The van der Waals surface area contributed by atoms with Gasteiger partial charge in [-0.25, -0.2) is 8.42 Å². The van der Waals surface area contributed by atoms with Crippen molar-refractivity contribution in [2.75, 3.05) is 28.4 Å². The zero-order chi connectivity index (χ0) is 19.1. The van der Waals surface area contributed by atoms with Gasteiger partial charge in [-0.15, -0.1) is 0 Å². The third-order valence-electron chi connectivity index (χ3n) is 4.49. The summed E-state index contributed by atoms with van der Waals surface area (Å²) >= 11 is 0. The van der Waals surface area contributed by atoms with Crippen LogP contribution in [0.1, 0.15) is 27.4 Å². The molecule has 2 unspecified atom stereocenters. The van der Waals surface area contributed by atoms with E-state index in [1.54, 1.807) is 24.3 Å². The first-order valence-electron chi connectivity index (χ1n) is 7.77. The van der Waals surface area contributed by atoms with Crippen molar-refractivity contribution >= 4 is 9.84 Å². The number of aliphatic hydroxyl groups is 1. The fourth-order valence-corrected chi connectivity index (χ4v) is 5.12. The van der Waals surface area contributed by atoms with Gasteiger partial charge in [0.2, 0.25) is 0 Å². The van der Waals surface area contributed by atoms with Crippen LogP contribution in [0.2, 0.25) is 0 Å². The van der Waals surface area contributed by atoms with E-state index < -0.39 is 20.5 Å². The lowest BCUT2D eigenvalue weighted by Gasteiger charge is -2.16. The van der Waals surface area contributed by atoms with Crippen molar-refractivity contribution in [2.24, 2.45) is 0 Å². The Bertz CT molecular complexity index is 937. The van der Waals surface area contributed by atoms with Gasteiger partial charge in [0.25, 0.3) is 0 Å². The summed E-state index contributed by atoms with van der Waals surface area (Å²) in [5.41, 5.74) is -0.451. The van der Waals surface area contributed by atoms with Gasteiger partial charge in [0.15, 0.2) is 38.3 Å². The van der Waals surface area contributed by atoms with Crippen LogP contribution in [0.4, 0.5) is 0 Å². The van der Waals surface area contributed by atoms with Gasteiger partial charge in [-0.05, 0) is 35.4 Å². The number of rotatable bonds is 5. The number of methoxy groups -OCH3 is 4. The molecule has 0 saturated heterocycles. The van der Waals surface area contributed by atoms with Gasteiger partial charge in [-0.1, -0.05) is 6.07 Å². The van der Waals surface area contributed by atoms with Crippen molar-refractivity contribution in [3.8, 4) is 23.0 Å². The quantitative estimate of drug-likeness (QED) is 0.850. The zero-order valence-electron chi connectivity index (χ0n) is 14.8. The first kappa shape index (κ1) is 18.3. The molecule has 1 N–H and O–H groups in total. The molecule has 0 saturated carbocycles. The SMILES string of the molecule is COc1ccc(C2c3cc(OC)c(OC)cc3C(O)S2(=O)=O)cc1OC. The fraction of sp³-hybridized carbons (Fsp3) is 0.333. The molecule has 1 heterocycles. The molecule has 0 spiro atoms. The third-order valence-corrected chi connectivity index (χ3v) is 6.55. The van der Waals surface area contributed by atoms with Crippen molar-refractivity contribution in [1.82, 2.24) is 0 Å². The molecule has 3 rings (SSSR count). The predicted octanol–water partition coefficient (Wildman–Crippen LogP) is 2.23. The molecule has 2 atom stereocenters. The largest absolute Gasteiger partial charge is 0.493 e. The molecule has 0 amide bonds. The molecule has 140 valence electrons. The molecule has 8 heteroatoms. The Morgan fingerprint density at radius 1 is 0.769 bits per heavy atom. The maximum Gasteiger partial charge on any atom is 0.192 e. The lowest BCUT2D eigenvalue weighted by atomic mass is 9.98. The van der Waals surface area contributed by atoms with Gasteiger partial charge < -0.3 is 24.1 Å². The van der Waals surface area contributed by atoms with Gasteiger partial charge in [-0.2, -0.15) is 0 Å². The van der Waals surface area contributed by atoms with Crippen LogP contribution in [0.3, 0.4) is 0 Å². The Morgan fingerprint density at radius 3 is 1.81 bits per heavy atom. The number of ether oxygens (including phenoxy) is 4. The topological polar surface area (TPSA) is 91.3 Å². The van der Waals surface area contributed by atoms with Crippen LogP contribution in [0, 0.1) is 0 Å². The molecule has 0 aliphatic carbocycles. The van der Waals surface area contributed by atoms with E-state index >= 15 is 0 Å². The summed E-state index contributed by atoms with van der Waals surface area (Å²) in [5, 5.41) is 9.36. The van der Waals surface area contributed by atoms with Crippen molar-refractivity contribution in [1.29, 1.82) is 0 Å². The fourth-order valence-electron chi connectivity index (χ4n) is 3.22. The minimum atomic E-state index is -3.92. The van der Waals surface area contributed by atoms with Gasteiger partial charge in [0.1, 0.15) is 5.25 Å². The average molecular weight is 380 g/mol. The van der Waals surface area contributed by atoms with Crippen LogP contribution >= 0.6 is 0 Å². The molecular weight excluding hydrogens is 360 g/mol. The van der Waals surface area contributed by atoms with Gasteiger partial charge in [0.05, 0.1) is 28.4 Å². The van der Waals surface area contributed by atoms with Gasteiger partial charge in [0, 0.05) is 5.56 Å². The van der Waals surface area contributed by atoms with Crippen LogP contribution in [0.15, 0.2) is 30.3 Å². The van der Waals surface area contributed by atoms with Crippen LogP contribution in [0.5, 0.6) is 23.0 Å². The van der Waals surface area contributed by atoms with Gasteiger partial charge in [-0.3, -0.25) is 0 Å². The molecular formula is C18H20O7S. The molecule has 0 fully saturated rings. The second-order valence-electron chi connectivity index (χ2n) is 5.77. The minimum absolute atomic E-state index is 0.280. The molecule has 7 nitrogen and oxygen atoms in total. The second-order valence-corrected chi connectivity index (χ2v) is 7.87.